The van der Waals surface area contributed by atoms with Gasteiger partial charge in [0.15, 0.2) is 0 Å². The van der Waals surface area contributed by atoms with Gasteiger partial charge in [0, 0.05) is 18.8 Å². The van der Waals surface area contributed by atoms with Crippen molar-refractivity contribution >= 4 is 17.0 Å². The van der Waals surface area contributed by atoms with E-state index in [9.17, 15) is 4.79 Å². The van der Waals surface area contributed by atoms with Crippen LogP contribution in [0.4, 0.5) is 0 Å². The molecule has 1 atom stereocenters. The van der Waals surface area contributed by atoms with Gasteiger partial charge in [-0.1, -0.05) is 0 Å². The number of aromatic amines is 1. The number of hydrogen-bond donors (Lipinski definition) is 2. The number of rotatable bonds is 4. The molecule has 17 heavy (non-hydrogen) atoms. The molecule has 0 bridgehead atoms. The molecule has 0 spiro atoms. The van der Waals surface area contributed by atoms with E-state index in [1.165, 1.54) is 0 Å². The molecular weight excluding hydrogens is 218 g/mol. The summed E-state index contributed by atoms with van der Waals surface area (Å²) in [6.07, 6.45) is 3.97. The largest absolute Gasteiger partial charge is 0.465 e. The molecule has 5 heteroatoms. The molecule has 1 unspecified atom stereocenters. The zero-order chi connectivity index (χ0) is 12.3. The van der Waals surface area contributed by atoms with Crippen LogP contribution in [0.1, 0.15) is 12.5 Å². The topological polar surface area (TPSA) is 81.0 Å². The van der Waals surface area contributed by atoms with Gasteiger partial charge in [-0.25, -0.2) is 0 Å². The van der Waals surface area contributed by atoms with Gasteiger partial charge in [0.05, 0.1) is 17.6 Å². The van der Waals surface area contributed by atoms with Gasteiger partial charge in [-0.05, 0) is 24.6 Å². The summed E-state index contributed by atoms with van der Waals surface area (Å²) >= 11 is 0. The highest BCUT2D eigenvalue weighted by molar-refractivity contribution is 5.81. The van der Waals surface area contributed by atoms with Gasteiger partial charge in [-0.15, -0.1) is 0 Å². The number of esters is 1. The highest BCUT2D eigenvalue weighted by Crippen LogP contribution is 2.16. The van der Waals surface area contributed by atoms with Crippen LogP contribution in [0, 0.1) is 0 Å². The second kappa shape index (κ2) is 4.97. The Morgan fingerprint density at radius 1 is 1.65 bits per heavy atom. The number of H-pyrrole nitrogens is 1. The molecule has 3 N–H and O–H groups in total. The number of pyridine rings is 1. The molecule has 0 amide bonds. The number of fused-ring (bicyclic) bond motifs is 1. The fraction of sp³-hybridized carbons (Fsp3) is 0.333. The van der Waals surface area contributed by atoms with Crippen LogP contribution in [0.3, 0.4) is 0 Å². The van der Waals surface area contributed by atoms with E-state index < -0.39 is 6.04 Å². The van der Waals surface area contributed by atoms with Crippen LogP contribution in [0.2, 0.25) is 0 Å². The lowest BCUT2D eigenvalue weighted by molar-refractivity contribution is -0.144. The van der Waals surface area contributed by atoms with Gasteiger partial charge in [-0.2, -0.15) is 0 Å². The first kappa shape index (κ1) is 11.6. The molecular formula is C12H15N3O2. The molecule has 90 valence electrons. The van der Waals surface area contributed by atoms with E-state index >= 15 is 0 Å². The fourth-order valence-corrected chi connectivity index (χ4v) is 1.74. The van der Waals surface area contributed by atoms with Crippen molar-refractivity contribution in [3.8, 4) is 0 Å². The van der Waals surface area contributed by atoms with Gasteiger partial charge in [-0.3, -0.25) is 9.78 Å². The Labute approximate surface area is 99.0 Å². The summed E-state index contributed by atoms with van der Waals surface area (Å²) in [7, 11) is 0. The number of nitrogens with two attached hydrogens (primary N) is 1. The molecule has 0 saturated heterocycles. The Hall–Kier alpha value is -1.88. The van der Waals surface area contributed by atoms with Crippen LogP contribution in [-0.2, 0) is 16.0 Å². The van der Waals surface area contributed by atoms with E-state index in [2.05, 4.69) is 9.97 Å². The van der Waals surface area contributed by atoms with Crippen molar-refractivity contribution < 1.29 is 9.53 Å². The molecule has 0 aliphatic carbocycles. The first-order valence-electron chi connectivity index (χ1n) is 5.55. The Kier molecular flexibility index (Phi) is 3.39. The third kappa shape index (κ3) is 2.45. The van der Waals surface area contributed by atoms with Crippen LogP contribution in [-0.4, -0.2) is 28.6 Å². The molecule has 2 heterocycles. The zero-order valence-corrected chi connectivity index (χ0v) is 9.64. The van der Waals surface area contributed by atoms with E-state index in [4.69, 9.17) is 10.5 Å². The summed E-state index contributed by atoms with van der Waals surface area (Å²) in [6.45, 7) is 2.11. The molecule has 0 aliphatic rings. The van der Waals surface area contributed by atoms with Gasteiger partial charge in [0.1, 0.15) is 6.04 Å². The molecule has 2 rings (SSSR count). The van der Waals surface area contributed by atoms with Gasteiger partial charge < -0.3 is 15.5 Å². The number of carbonyl (C=O) groups is 1. The van der Waals surface area contributed by atoms with E-state index in [0.717, 1.165) is 16.6 Å². The van der Waals surface area contributed by atoms with E-state index in [0.29, 0.717) is 13.0 Å². The molecule has 0 fully saturated rings. The number of carbonyl (C=O) groups excluding carboxylic acids is 1. The van der Waals surface area contributed by atoms with Crippen LogP contribution < -0.4 is 5.73 Å². The summed E-state index contributed by atoms with van der Waals surface area (Å²) in [5.41, 5.74) is 8.50. The minimum atomic E-state index is -0.643. The third-order valence-corrected chi connectivity index (χ3v) is 2.54. The summed E-state index contributed by atoms with van der Waals surface area (Å²) in [5.74, 6) is -0.377. The average Bonchev–Trinajstić information content (AvgIpc) is 2.73. The van der Waals surface area contributed by atoms with Crippen molar-refractivity contribution in [2.75, 3.05) is 6.61 Å². The standard InChI is InChI=1S/C12H15N3O2/c1-2-17-12(16)9(13)6-8-7-15-10-4-3-5-14-11(8)10/h3-5,7,9,15H,2,6,13H2,1H3. The maximum absolute atomic E-state index is 11.4. The highest BCUT2D eigenvalue weighted by atomic mass is 16.5. The summed E-state index contributed by atoms with van der Waals surface area (Å²) in [6, 6.07) is 3.14. The first-order chi connectivity index (χ1) is 8.22. The summed E-state index contributed by atoms with van der Waals surface area (Å²) < 4.78 is 4.87. The van der Waals surface area contributed by atoms with Crippen molar-refractivity contribution in [3.63, 3.8) is 0 Å². The van der Waals surface area contributed by atoms with E-state index in [1.807, 2.05) is 18.3 Å². The quantitative estimate of drug-likeness (QED) is 0.772. The monoisotopic (exact) mass is 233 g/mol. The molecule has 0 aliphatic heterocycles. The number of aromatic nitrogens is 2. The average molecular weight is 233 g/mol. The first-order valence-corrected chi connectivity index (χ1v) is 5.55. The smallest absolute Gasteiger partial charge is 0.323 e. The summed E-state index contributed by atoms with van der Waals surface area (Å²) in [5, 5.41) is 0. The predicted molar refractivity (Wildman–Crippen MR) is 64.4 cm³/mol. The minimum Gasteiger partial charge on any atom is -0.465 e. The van der Waals surface area contributed by atoms with E-state index in [1.54, 1.807) is 13.1 Å². The number of ether oxygens (including phenoxy) is 1. The fourth-order valence-electron chi connectivity index (χ4n) is 1.74. The lowest BCUT2D eigenvalue weighted by Gasteiger charge is -2.09. The minimum absolute atomic E-state index is 0.346. The predicted octanol–water partition coefficient (Wildman–Crippen LogP) is 0.996. The van der Waals surface area contributed by atoms with Crippen LogP contribution in [0.5, 0.6) is 0 Å². The lowest BCUT2D eigenvalue weighted by atomic mass is 10.1. The Morgan fingerprint density at radius 2 is 2.47 bits per heavy atom. The molecule has 0 saturated carbocycles. The number of hydrogen-bond acceptors (Lipinski definition) is 4. The maximum atomic E-state index is 11.4. The van der Waals surface area contributed by atoms with Gasteiger partial charge in [0.25, 0.3) is 0 Å². The van der Waals surface area contributed by atoms with Crippen molar-refractivity contribution in [2.45, 2.75) is 19.4 Å². The lowest BCUT2D eigenvalue weighted by Crippen LogP contribution is -2.34. The summed E-state index contributed by atoms with van der Waals surface area (Å²) in [4.78, 5) is 18.8. The maximum Gasteiger partial charge on any atom is 0.323 e. The van der Waals surface area contributed by atoms with Crippen molar-refractivity contribution in [2.24, 2.45) is 5.73 Å². The van der Waals surface area contributed by atoms with Gasteiger partial charge >= 0.3 is 5.97 Å². The number of nitrogens with one attached hydrogen (secondary N) is 1. The Balaban J connectivity index is 2.16. The SMILES string of the molecule is CCOC(=O)C(N)Cc1c[nH]c2cccnc12. The molecule has 0 radical (unpaired) electrons. The molecule has 5 nitrogen and oxygen atoms in total. The normalized spacial score (nSPS) is 12.6. The highest BCUT2D eigenvalue weighted by Gasteiger charge is 2.17. The molecule has 2 aromatic rings. The van der Waals surface area contributed by atoms with Gasteiger partial charge in [0.2, 0.25) is 0 Å². The zero-order valence-electron chi connectivity index (χ0n) is 9.64. The third-order valence-electron chi connectivity index (χ3n) is 2.54. The van der Waals surface area contributed by atoms with Crippen LogP contribution in [0.15, 0.2) is 24.5 Å². The number of nitrogens with zero attached hydrogens (tertiary/aromatic N) is 1. The second-order valence-electron chi connectivity index (χ2n) is 3.78. The molecule has 2 aromatic heterocycles. The molecule has 0 aromatic carbocycles. The Morgan fingerprint density at radius 3 is 3.24 bits per heavy atom. The van der Waals surface area contributed by atoms with E-state index in [-0.39, 0.29) is 5.97 Å². The van der Waals surface area contributed by atoms with Crippen molar-refractivity contribution in [1.82, 2.24) is 9.97 Å². The second-order valence-corrected chi connectivity index (χ2v) is 3.78. The van der Waals surface area contributed by atoms with Crippen molar-refractivity contribution in [1.29, 1.82) is 0 Å². The van der Waals surface area contributed by atoms with Crippen LogP contribution >= 0.6 is 0 Å². The van der Waals surface area contributed by atoms with Crippen molar-refractivity contribution in [3.05, 3.63) is 30.1 Å². The Bertz CT molecular complexity index is 521. The van der Waals surface area contributed by atoms with Crippen LogP contribution in [0.25, 0.3) is 11.0 Å².